The summed E-state index contributed by atoms with van der Waals surface area (Å²) in [5, 5.41) is 5.33. The molecule has 1 unspecified atom stereocenters. The molecule has 0 spiro atoms. The van der Waals surface area contributed by atoms with E-state index in [1.807, 2.05) is 37.3 Å². The standard InChI is InChI=1S/C16H22N2O4/c1-16(8-9-16)22-15(20)18-13(11-21-2)14(19)17-10-12-6-4-3-5-7-12/h3-7,13H,8-11H2,1-2H3,(H,17,19)(H,18,20). The molecule has 1 aromatic carbocycles. The summed E-state index contributed by atoms with van der Waals surface area (Å²) in [6, 6.07) is 8.78. The zero-order valence-corrected chi connectivity index (χ0v) is 12.9. The molecule has 0 saturated heterocycles. The minimum Gasteiger partial charge on any atom is -0.443 e. The molecule has 0 bridgehead atoms. The van der Waals surface area contributed by atoms with E-state index in [2.05, 4.69) is 10.6 Å². The van der Waals surface area contributed by atoms with Gasteiger partial charge in [0.25, 0.3) is 0 Å². The number of benzene rings is 1. The maximum Gasteiger partial charge on any atom is 0.408 e. The van der Waals surface area contributed by atoms with Gasteiger partial charge in [-0.05, 0) is 25.3 Å². The molecule has 120 valence electrons. The Bertz CT molecular complexity index is 514. The molecule has 0 aromatic heterocycles. The topological polar surface area (TPSA) is 76.7 Å². The Labute approximate surface area is 130 Å². The van der Waals surface area contributed by atoms with Crippen LogP contribution in [0.3, 0.4) is 0 Å². The van der Waals surface area contributed by atoms with Crippen LogP contribution in [0.1, 0.15) is 25.3 Å². The average Bonchev–Trinajstić information content (AvgIpc) is 3.22. The van der Waals surface area contributed by atoms with Crippen molar-refractivity contribution in [3.8, 4) is 0 Å². The first-order valence-corrected chi connectivity index (χ1v) is 7.32. The second-order valence-corrected chi connectivity index (χ2v) is 5.70. The number of alkyl carbamates (subject to hydrolysis) is 1. The van der Waals surface area contributed by atoms with Crippen molar-refractivity contribution in [2.45, 2.75) is 38.0 Å². The third-order valence-electron chi connectivity index (χ3n) is 3.54. The molecule has 6 heteroatoms. The summed E-state index contributed by atoms with van der Waals surface area (Å²) >= 11 is 0. The van der Waals surface area contributed by atoms with E-state index in [0.29, 0.717) is 6.54 Å². The lowest BCUT2D eigenvalue weighted by molar-refractivity contribution is -0.124. The molecule has 0 heterocycles. The minimum atomic E-state index is -0.774. The lowest BCUT2D eigenvalue weighted by Crippen LogP contribution is -2.49. The van der Waals surface area contributed by atoms with Crippen LogP contribution < -0.4 is 10.6 Å². The number of ether oxygens (including phenoxy) is 2. The first kappa shape index (κ1) is 16.3. The van der Waals surface area contributed by atoms with Gasteiger partial charge in [0.15, 0.2) is 0 Å². The number of rotatable bonds is 7. The quantitative estimate of drug-likeness (QED) is 0.802. The van der Waals surface area contributed by atoms with E-state index in [1.165, 1.54) is 7.11 Å². The molecular formula is C16H22N2O4. The highest BCUT2D eigenvalue weighted by molar-refractivity contribution is 5.85. The highest BCUT2D eigenvalue weighted by atomic mass is 16.6. The van der Waals surface area contributed by atoms with Crippen LogP contribution in [0.25, 0.3) is 0 Å². The van der Waals surface area contributed by atoms with Crippen molar-refractivity contribution in [2.24, 2.45) is 0 Å². The highest BCUT2D eigenvalue weighted by Crippen LogP contribution is 2.38. The molecule has 1 fully saturated rings. The average molecular weight is 306 g/mol. The summed E-state index contributed by atoms with van der Waals surface area (Å²) in [5.74, 6) is -0.302. The number of hydrogen-bond acceptors (Lipinski definition) is 4. The van der Waals surface area contributed by atoms with Gasteiger partial charge in [-0.1, -0.05) is 30.3 Å². The fraction of sp³-hybridized carbons (Fsp3) is 0.500. The first-order chi connectivity index (χ1) is 10.5. The maximum atomic E-state index is 12.2. The van der Waals surface area contributed by atoms with Crippen LogP contribution in [-0.2, 0) is 20.8 Å². The highest BCUT2D eigenvalue weighted by Gasteiger charge is 2.42. The monoisotopic (exact) mass is 306 g/mol. The molecule has 1 aliphatic rings. The SMILES string of the molecule is COCC(NC(=O)OC1(C)CC1)C(=O)NCc1ccccc1. The molecule has 1 aromatic rings. The zero-order chi connectivity index (χ0) is 16.0. The number of nitrogens with one attached hydrogen (secondary N) is 2. The summed E-state index contributed by atoms with van der Waals surface area (Å²) in [6.45, 7) is 2.36. The first-order valence-electron chi connectivity index (χ1n) is 7.32. The Balaban J connectivity index is 1.83. The van der Waals surface area contributed by atoms with Crippen LogP contribution in [0.15, 0.2) is 30.3 Å². The van der Waals surface area contributed by atoms with E-state index in [4.69, 9.17) is 9.47 Å². The fourth-order valence-corrected chi connectivity index (χ4v) is 1.93. The second kappa shape index (κ2) is 7.26. The summed E-state index contributed by atoms with van der Waals surface area (Å²) in [6.07, 6.45) is 1.13. The van der Waals surface area contributed by atoms with Crippen LogP contribution in [0.4, 0.5) is 4.79 Å². The molecule has 0 radical (unpaired) electrons. The molecule has 2 amide bonds. The summed E-state index contributed by atoms with van der Waals surface area (Å²) in [5.41, 5.74) is 0.613. The Morgan fingerprint density at radius 3 is 2.55 bits per heavy atom. The Morgan fingerprint density at radius 2 is 1.95 bits per heavy atom. The van der Waals surface area contributed by atoms with E-state index in [1.54, 1.807) is 0 Å². The van der Waals surface area contributed by atoms with Crippen LogP contribution in [0, 0.1) is 0 Å². The van der Waals surface area contributed by atoms with Gasteiger partial charge in [-0.3, -0.25) is 4.79 Å². The van der Waals surface area contributed by atoms with Gasteiger partial charge in [-0.25, -0.2) is 4.79 Å². The summed E-state index contributed by atoms with van der Waals surface area (Å²) < 4.78 is 10.2. The van der Waals surface area contributed by atoms with Gasteiger partial charge in [0.05, 0.1) is 6.61 Å². The molecule has 1 atom stereocenters. The number of carbonyl (C=O) groups excluding carboxylic acids is 2. The Morgan fingerprint density at radius 1 is 1.27 bits per heavy atom. The fourth-order valence-electron chi connectivity index (χ4n) is 1.93. The third-order valence-corrected chi connectivity index (χ3v) is 3.54. The van der Waals surface area contributed by atoms with Crippen LogP contribution in [0.2, 0.25) is 0 Å². The van der Waals surface area contributed by atoms with Gasteiger partial charge in [-0.15, -0.1) is 0 Å². The van der Waals surface area contributed by atoms with Crippen molar-refractivity contribution >= 4 is 12.0 Å². The summed E-state index contributed by atoms with van der Waals surface area (Å²) in [7, 11) is 1.48. The van der Waals surface area contributed by atoms with E-state index in [9.17, 15) is 9.59 Å². The van der Waals surface area contributed by atoms with Gasteiger partial charge in [-0.2, -0.15) is 0 Å². The lowest BCUT2D eigenvalue weighted by atomic mass is 10.2. The largest absolute Gasteiger partial charge is 0.443 e. The van der Waals surface area contributed by atoms with Crippen LogP contribution in [0.5, 0.6) is 0 Å². The number of hydrogen-bond donors (Lipinski definition) is 2. The van der Waals surface area contributed by atoms with Crippen molar-refractivity contribution in [1.29, 1.82) is 0 Å². The normalized spacial score (nSPS) is 16.5. The van der Waals surface area contributed by atoms with E-state index >= 15 is 0 Å². The molecule has 2 rings (SSSR count). The molecule has 6 nitrogen and oxygen atoms in total. The number of carbonyl (C=O) groups is 2. The zero-order valence-electron chi connectivity index (χ0n) is 12.9. The summed E-state index contributed by atoms with van der Waals surface area (Å²) in [4.78, 5) is 24.0. The predicted octanol–water partition coefficient (Wildman–Crippen LogP) is 1.60. The second-order valence-electron chi connectivity index (χ2n) is 5.70. The molecule has 0 aliphatic heterocycles. The van der Waals surface area contributed by atoms with Gasteiger partial charge in [0.2, 0.25) is 5.91 Å². The van der Waals surface area contributed by atoms with Gasteiger partial charge in [0.1, 0.15) is 11.6 Å². The molecule has 1 aliphatic carbocycles. The smallest absolute Gasteiger partial charge is 0.408 e. The van der Waals surface area contributed by atoms with E-state index in [-0.39, 0.29) is 18.1 Å². The van der Waals surface area contributed by atoms with Gasteiger partial charge in [0, 0.05) is 13.7 Å². The van der Waals surface area contributed by atoms with E-state index in [0.717, 1.165) is 18.4 Å². The number of methoxy groups -OCH3 is 1. The van der Waals surface area contributed by atoms with Crippen LogP contribution >= 0.6 is 0 Å². The third kappa shape index (κ3) is 5.04. The Kier molecular flexibility index (Phi) is 5.38. The maximum absolute atomic E-state index is 12.2. The lowest BCUT2D eigenvalue weighted by Gasteiger charge is -2.19. The van der Waals surface area contributed by atoms with Crippen molar-refractivity contribution in [3.05, 3.63) is 35.9 Å². The van der Waals surface area contributed by atoms with Gasteiger partial charge < -0.3 is 20.1 Å². The van der Waals surface area contributed by atoms with Crippen molar-refractivity contribution in [3.63, 3.8) is 0 Å². The van der Waals surface area contributed by atoms with Crippen molar-refractivity contribution in [1.82, 2.24) is 10.6 Å². The Hall–Kier alpha value is -2.08. The molecule has 22 heavy (non-hydrogen) atoms. The predicted molar refractivity (Wildman–Crippen MR) is 81.2 cm³/mol. The minimum absolute atomic E-state index is 0.0897. The van der Waals surface area contributed by atoms with Gasteiger partial charge >= 0.3 is 6.09 Å². The molecular weight excluding hydrogens is 284 g/mol. The van der Waals surface area contributed by atoms with Crippen molar-refractivity contribution < 1.29 is 19.1 Å². The molecule has 1 saturated carbocycles. The molecule has 2 N–H and O–H groups in total. The van der Waals surface area contributed by atoms with Crippen LogP contribution in [-0.4, -0.2) is 37.4 Å². The van der Waals surface area contributed by atoms with Crippen molar-refractivity contribution in [2.75, 3.05) is 13.7 Å². The van der Waals surface area contributed by atoms with E-state index < -0.39 is 12.1 Å². The number of amides is 2.